The topological polar surface area (TPSA) is 49.4 Å². The van der Waals surface area contributed by atoms with Gasteiger partial charge in [-0.25, -0.2) is 0 Å². The lowest BCUT2D eigenvalue weighted by molar-refractivity contribution is -0.140. The first-order valence-corrected chi connectivity index (χ1v) is 10.3. The molecule has 5 heteroatoms. The fourth-order valence-electron chi connectivity index (χ4n) is 3.20. The van der Waals surface area contributed by atoms with Crippen molar-refractivity contribution in [1.82, 2.24) is 10.2 Å². The Morgan fingerprint density at radius 1 is 1.32 bits per heavy atom. The number of nitrogens with one attached hydrogen (secondary N) is 1. The standard InChI is InChI=1S/C20H30N2O2S/c1-15(2)10-13-21-19(24)20(3)12-9-18(23)22(20)14-11-16-5-7-17(25-4)8-6-16/h5-8,15H,9-14H2,1-4H3,(H,21,24)/t20-/m1/s1. The van der Waals surface area contributed by atoms with Crippen molar-refractivity contribution in [2.75, 3.05) is 19.3 Å². The van der Waals surface area contributed by atoms with E-state index in [9.17, 15) is 9.59 Å². The second-order valence-corrected chi connectivity index (χ2v) is 8.24. The third kappa shape index (κ3) is 5.00. The molecule has 0 aromatic heterocycles. The van der Waals surface area contributed by atoms with Gasteiger partial charge in [-0.1, -0.05) is 26.0 Å². The van der Waals surface area contributed by atoms with Crippen molar-refractivity contribution in [3.8, 4) is 0 Å². The van der Waals surface area contributed by atoms with Crippen LogP contribution in [0.15, 0.2) is 29.2 Å². The van der Waals surface area contributed by atoms with E-state index in [1.807, 2.05) is 6.92 Å². The molecule has 0 radical (unpaired) electrons. The van der Waals surface area contributed by atoms with Crippen LogP contribution in [0.25, 0.3) is 0 Å². The predicted molar refractivity (Wildman–Crippen MR) is 104 cm³/mol. The number of hydrogen-bond donors (Lipinski definition) is 1. The summed E-state index contributed by atoms with van der Waals surface area (Å²) in [7, 11) is 0. The quantitative estimate of drug-likeness (QED) is 0.720. The van der Waals surface area contributed by atoms with Gasteiger partial charge >= 0.3 is 0 Å². The van der Waals surface area contributed by atoms with Crippen molar-refractivity contribution < 1.29 is 9.59 Å². The van der Waals surface area contributed by atoms with Crippen LogP contribution >= 0.6 is 11.8 Å². The van der Waals surface area contributed by atoms with Gasteiger partial charge in [0.25, 0.3) is 0 Å². The Morgan fingerprint density at radius 2 is 2.00 bits per heavy atom. The van der Waals surface area contributed by atoms with Gasteiger partial charge in [-0.2, -0.15) is 0 Å². The minimum atomic E-state index is -0.715. The molecule has 1 saturated heterocycles. The first-order chi connectivity index (χ1) is 11.9. The lowest BCUT2D eigenvalue weighted by atomic mass is 9.97. The number of amides is 2. The Morgan fingerprint density at radius 3 is 2.60 bits per heavy atom. The molecule has 0 spiro atoms. The molecular weight excluding hydrogens is 332 g/mol. The largest absolute Gasteiger partial charge is 0.354 e. The second-order valence-electron chi connectivity index (χ2n) is 7.36. The third-order valence-corrected chi connectivity index (χ3v) is 5.75. The molecule has 2 rings (SSSR count). The summed E-state index contributed by atoms with van der Waals surface area (Å²) in [4.78, 5) is 28.0. The van der Waals surface area contributed by atoms with E-state index in [2.05, 4.69) is 49.7 Å². The number of thioether (sulfide) groups is 1. The van der Waals surface area contributed by atoms with Gasteiger partial charge in [0.05, 0.1) is 0 Å². The molecule has 1 heterocycles. The van der Waals surface area contributed by atoms with Crippen LogP contribution in [0.4, 0.5) is 0 Å². The lowest BCUT2D eigenvalue weighted by Crippen LogP contribution is -2.55. The second kappa shape index (κ2) is 8.75. The average molecular weight is 363 g/mol. The van der Waals surface area contributed by atoms with Gasteiger partial charge in [-0.15, -0.1) is 11.8 Å². The molecule has 1 aliphatic heterocycles. The van der Waals surface area contributed by atoms with Crippen LogP contribution < -0.4 is 5.32 Å². The number of carbonyl (C=O) groups excluding carboxylic acids is 2. The van der Waals surface area contributed by atoms with Gasteiger partial charge in [-0.3, -0.25) is 9.59 Å². The number of rotatable bonds is 8. The van der Waals surface area contributed by atoms with Crippen molar-refractivity contribution in [3.63, 3.8) is 0 Å². The lowest BCUT2D eigenvalue weighted by Gasteiger charge is -2.34. The van der Waals surface area contributed by atoms with Crippen LogP contribution in [-0.2, 0) is 16.0 Å². The maximum Gasteiger partial charge on any atom is 0.245 e. The number of likely N-dealkylation sites (tertiary alicyclic amines) is 1. The van der Waals surface area contributed by atoms with E-state index in [1.54, 1.807) is 16.7 Å². The van der Waals surface area contributed by atoms with Crippen LogP contribution in [0, 0.1) is 5.92 Å². The summed E-state index contributed by atoms with van der Waals surface area (Å²) in [5.74, 6) is 0.623. The Hall–Kier alpha value is -1.49. The van der Waals surface area contributed by atoms with Gasteiger partial charge in [0, 0.05) is 24.4 Å². The Labute approximate surface area is 155 Å². The maximum atomic E-state index is 12.7. The molecule has 1 aliphatic rings. The van der Waals surface area contributed by atoms with Crippen molar-refractivity contribution in [1.29, 1.82) is 0 Å². The fraction of sp³-hybridized carbons (Fsp3) is 0.600. The highest BCUT2D eigenvalue weighted by atomic mass is 32.2. The first kappa shape index (κ1) is 19.8. The molecule has 1 aromatic rings. The van der Waals surface area contributed by atoms with Crippen LogP contribution in [0.5, 0.6) is 0 Å². The van der Waals surface area contributed by atoms with Gasteiger partial charge < -0.3 is 10.2 Å². The van der Waals surface area contributed by atoms with Gasteiger partial charge in [-0.05, 0) is 56.1 Å². The van der Waals surface area contributed by atoms with Crippen molar-refractivity contribution in [2.45, 2.75) is 56.9 Å². The van der Waals surface area contributed by atoms with Gasteiger partial charge in [0.15, 0.2) is 0 Å². The normalized spacial score (nSPS) is 20.4. The molecule has 0 unspecified atom stereocenters. The van der Waals surface area contributed by atoms with Crippen LogP contribution in [-0.4, -0.2) is 41.6 Å². The fourth-order valence-corrected chi connectivity index (χ4v) is 3.61. The number of hydrogen-bond acceptors (Lipinski definition) is 3. The van der Waals surface area contributed by atoms with Crippen LogP contribution in [0.2, 0.25) is 0 Å². The summed E-state index contributed by atoms with van der Waals surface area (Å²) >= 11 is 1.72. The molecule has 0 bridgehead atoms. The first-order valence-electron chi connectivity index (χ1n) is 9.08. The Balaban J connectivity index is 1.98. The van der Waals surface area contributed by atoms with Crippen molar-refractivity contribution in [3.05, 3.63) is 29.8 Å². The zero-order valence-corrected chi connectivity index (χ0v) is 16.6. The highest BCUT2D eigenvalue weighted by molar-refractivity contribution is 7.98. The molecular formula is C20H30N2O2S. The van der Waals surface area contributed by atoms with Crippen molar-refractivity contribution in [2.24, 2.45) is 5.92 Å². The number of carbonyl (C=O) groups is 2. The van der Waals surface area contributed by atoms with Crippen LogP contribution in [0.1, 0.15) is 45.6 Å². The third-order valence-electron chi connectivity index (χ3n) is 5.00. The average Bonchev–Trinajstić information content (AvgIpc) is 2.89. The molecule has 25 heavy (non-hydrogen) atoms. The highest BCUT2D eigenvalue weighted by Crippen LogP contribution is 2.30. The summed E-state index contributed by atoms with van der Waals surface area (Å²) in [5, 5.41) is 3.02. The minimum Gasteiger partial charge on any atom is -0.354 e. The molecule has 1 N–H and O–H groups in total. The zero-order chi connectivity index (χ0) is 18.4. The predicted octanol–water partition coefficient (Wildman–Crippen LogP) is 3.49. The molecule has 0 aliphatic carbocycles. The van der Waals surface area contributed by atoms with E-state index < -0.39 is 5.54 Å². The van der Waals surface area contributed by atoms with Gasteiger partial charge in [0.1, 0.15) is 5.54 Å². The Kier molecular flexibility index (Phi) is 6.94. The molecule has 1 aromatic carbocycles. The summed E-state index contributed by atoms with van der Waals surface area (Å²) in [6.45, 7) is 7.44. The smallest absolute Gasteiger partial charge is 0.245 e. The van der Waals surface area contributed by atoms with E-state index >= 15 is 0 Å². The number of benzene rings is 1. The molecule has 1 atom stereocenters. The Bertz CT molecular complexity index is 600. The molecule has 1 fully saturated rings. The summed E-state index contributed by atoms with van der Waals surface area (Å²) in [6, 6.07) is 8.41. The summed E-state index contributed by atoms with van der Waals surface area (Å²) in [6.07, 6.45) is 4.85. The van der Waals surface area contributed by atoms with Gasteiger partial charge in [0.2, 0.25) is 11.8 Å². The molecule has 138 valence electrons. The van der Waals surface area contributed by atoms with Crippen molar-refractivity contribution >= 4 is 23.6 Å². The van der Waals surface area contributed by atoms with E-state index in [4.69, 9.17) is 0 Å². The van der Waals surface area contributed by atoms with Crippen LogP contribution in [0.3, 0.4) is 0 Å². The van der Waals surface area contributed by atoms with E-state index in [0.29, 0.717) is 31.8 Å². The SMILES string of the molecule is CSc1ccc(CCN2C(=O)CC[C@]2(C)C(=O)NCCC(C)C)cc1. The van der Waals surface area contributed by atoms with E-state index in [-0.39, 0.29) is 11.8 Å². The monoisotopic (exact) mass is 362 g/mol. The molecule has 4 nitrogen and oxygen atoms in total. The maximum absolute atomic E-state index is 12.7. The summed E-state index contributed by atoms with van der Waals surface area (Å²) < 4.78 is 0. The minimum absolute atomic E-state index is 0.0169. The molecule has 2 amide bonds. The zero-order valence-electron chi connectivity index (χ0n) is 15.8. The molecule has 0 saturated carbocycles. The summed E-state index contributed by atoms with van der Waals surface area (Å²) in [5.41, 5.74) is 0.479. The van der Waals surface area contributed by atoms with E-state index in [1.165, 1.54) is 10.5 Å². The van der Waals surface area contributed by atoms with E-state index in [0.717, 1.165) is 12.8 Å². The number of nitrogens with zero attached hydrogens (tertiary/aromatic N) is 1. The highest BCUT2D eigenvalue weighted by Gasteiger charge is 2.46.